The van der Waals surface area contributed by atoms with Crippen molar-refractivity contribution in [3.8, 4) is 5.75 Å². The SMILES string of the molecule is COc1ccc(COCCC2CCC2)cc1C(N)=S. The molecule has 0 heterocycles. The Morgan fingerprint density at radius 1 is 1.42 bits per heavy atom. The fourth-order valence-electron chi connectivity index (χ4n) is 2.26. The normalized spacial score (nSPS) is 15.0. The topological polar surface area (TPSA) is 44.5 Å². The molecule has 1 aromatic carbocycles. The molecular formula is C15H21NO2S. The minimum Gasteiger partial charge on any atom is -0.496 e. The highest BCUT2D eigenvalue weighted by molar-refractivity contribution is 7.80. The summed E-state index contributed by atoms with van der Waals surface area (Å²) in [5, 5.41) is 0. The lowest BCUT2D eigenvalue weighted by atomic mass is 9.83. The second-order valence-corrected chi connectivity index (χ2v) is 5.48. The van der Waals surface area contributed by atoms with Gasteiger partial charge in [-0.2, -0.15) is 0 Å². The highest BCUT2D eigenvalue weighted by atomic mass is 32.1. The molecule has 0 saturated heterocycles. The maximum atomic E-state index is 5.71. The van der Waals surface area contributed by atoms with Crippen LogP contribution < -0.4 is 10.5 Å². The van der Waals surface area contributed by atoms with Gasteiger partial charge in [0.25, 0.3) is 0 Å². The van der Waals surface area contributed by atoms with Gasteiger partial charge in [0, 0.05) is 6.61 Å². The molecule has 0 atom stereocenters. The van der Waals surface area contributed by atoms with Crippen LogP contribution in [0, 0.1) is 5.92 Å². The van der Waals surface area contributed by atoms with Crippen LogP contribution in [0.25, 0.3) is 0 Å². The van der Waals surface area contributed by atoms with Crippen LogP contribution in [0.4, 0.5) is 0 Å². The number of nitrogens with two attached hydrogens (primary N) is 1. The molecule has 2 rings (SSSR count). The minimum absolute atomic E-state index is 0.355. The van der Waals surface area contributed by atoms with Crippen molar-refractivity contribution < 1.29 is 9.47 Å². The van der Waals surface area contributed by atoms with Crippen molar-refractivity contribution in [1.82, 2.24) is 0 Å². The Balaban J connectivity index is 1.85. The van der Waals surface area contributed by atoms with E-state index in [9.17, 15) is 0 Å². The summed E-state index contributed by atoms with van der Waals surface area (Å²) in [5.41, 5.74) is 7.55. The molecule has 104 valence electrons. The number of hydrogen-bond acceptors (Lipinski definition) is 3. The Labute approximate surface area is 120 Å². The summed E-state index contributed by atoms with van der Waals surface area (Å²) < 4.78 is 10.9. The Morgan fingerprint density at radius 3 is 2.79 bits per heavy atom. The van der Waals surface area contributed by atoms with E-state index in [-0.39, 0.29) is 0 Å². The summed E-state index contributed by atoms with van der Waals surface area (Å²) in [4.78, 5) is 0.355. The first-order chi connectivity index (χ1) is 9.20. The van der Waals surface area contributed by atoms with Crippen molar-refractivity contribution in [1.29, 1.82) is 0 Å². The zero-order valence-corrected chi connectivity index (χ0v) is 12.2. The Bertz CT molecular complexity index is 444. The van der Waals surface area contributed by atoms with Gasteiger partial charge in [-0.3, -0.25) is 0 Å². The van der Waals surface area contributed by atoms with Gasteiger partial charge in [-0.15, -0.1) is 0 Å². The second-order valence-electron chi connectivity index (χ2n) is 5.04. The van der Waals surface area contributed by atoms with Gasteiger partial charge in [-0.05, 0) is 30.0 Å². The average molecular weight is 279 g/mol. The third-order valence-electron chi connectivity index (χ3n) is 3.69. The largest absolute Gasteiger partial charge is 0.496 e. The number of rotatable bonds is 7. The third-order valence-corrected chi connectivity index (χ3v) is 3.91. The van der Waals surface area contributed by atoms with Crippen molar-refractivity contribution >= 4 is 17.2 Å². The first-order valence-corrected chi connectivity index (χ1v) is 7.16. The molecule has 0 aromatic heterocycles. The van der Waals surface area contributed by atoms with Crippen molar-refractivity contribution in [3.05, 3.63) is 29.3 Å². The van der Waals surface area contributed by atoms with Crippen LogP contribution in [0.2, 0.25) is 0 Å². The van der Waals surface area contributed by atoms with E-state index >= 15 is 0 Å². The standard InChI is InChI=1S/C15H21NO2S/c1-17-14-6-5-12(9-13(14)15(16)19)10-18-8-7-11-3-2-4-11/h5-6,9,11H,2-4,7-8,10H2,1H3,(H2,16,19). The van der Waals surface area contributed by atoms with Crippen LogP contribution in [0.5, 0.6) is 5.75 Å². The summed E-state index contributed by atoms with van der Waals surface area (Å²) in [7, 11) is 1.62. The first kappa shape index (κ1) is 14.3. The van der Waals surface area contributed by atoms with E-state index in [0.717, 1.165) is 23.7 Å². The number of benzene rings is 1. The van der Waals surface area contributed by atoms with Gasteiger partial charge in [-0.25, -0.2) is 0 Å². The quantitative estimate of drug-likeness (QED) is 0.615. The van der Waals surface area contributed by atoms with Crippen molar-refractivity contribution in [2.45, 2.75) is 32.3 Å². The fraction of sp³-hybridized carbons (Fsp3) is 0.533. The van der Waals surface area contributed by atoms with Crippen LogP contribution in [0.3, 0.4) is 0 Å². The van der Waals surface area contributed by atoms with E-state index in [1.54, 1.807) is 7.11 Å². The minimum atomic E-state index is 0.355. The van der Waals surface area contributed by atoms with E-state index in [0.29, 0.717) is 17.3 Å². The van der Waals surface area contributed by atoms with Crippen LogP contribution in [-0.2, 0) is 11.3 Å². The van der Waals surface area contributed by atoms with E-state index in [1.807, 2.05) is 18.2 Å². The number of hydrogen-bond donors (Lipinski definition) is 1. The molecule has 4 heteroatoms. The van der Waals surface area contributed by atoms with Gasteiger partial charge in [0.15, 0.2) is 0 Å². The molecule has 0 spiro atoms. The van der Waals surface area contributed by atoms with E-state index in [1.165, 1.54) is 25.7 Å². The summed E-state index contributed by atoms with van der Waals surface area (Å²) in [6.07, 6.45) is 5.31. The summed E-state index contributed by atoms with van der Waals surface area (Å²) >= 11 is 5.03. The molecule has 1 aliphatic carbocycles. The summed E-state index contributed by atoms with van der Waals surface area (Å²) in [5.74, 6) is 1.61. The van der Waals surface area contributed by atoms with Crippen LogP contribution in [0.1, 0.15) is 36.8 Å². The number of ether oxygens (including phenoxy) is 2. The molecule has 1 fully saturated rings. The maximum Gasteiger partial charge on any atom is 0.129 e. The van der Waals surface area contributed by atoms with Crippen molar-refractivity contribution in [3.63, 3.8) is 0 Å². The summed E-state index contributed by atoms with van der Waals surface area (Å²) in [6, 6.07) is 5.83. The van der Waals surface area contributed by atoms with Gasteiger partial charge >= 0.3 is 0 Å². The van der Waals surface area contributed by atoms with E-state index in [2.05, 4.69) is 0 Å². The molecular weight excluding hydrogens is 258 g/mol. The van der Waals surface area contributed by atoms with Crippen molar-refractivity contribution in [2.24, 2.45) is 11.7 Å². The Kier molecular flexibility index (Phi) is 5.16. The molecule has 0 radical (unpaired) electrons. The third kappa shape index (κ3) is 3.91. The lowest BCUT2D eigenvalue weighted by Gasteiger charge is -2.24. The lowest BCUT2D eigenvalue weighted by Crippen LogP contribution is -2.14. The maximum absolute atomic E-state index is 5.71. The molecule has 0 aliphatic heterocycles. The summed E-state index contributed by atoms with van der Waals surface area (Å²) in [6.45, 7) is 1.44. The fourth-order valence-corrected chi connectivity index (χ4v) is 2.42. The van der Waals surface area contributed by atoms with Crippen LogP contribution in [-0.4, -0.2) is 18.7 Å². The first-order valence-electron chi connectivity index (χ1n) is 6.75. The van der Waals surface area contributed by atoms with Gasteiger partial charge in [-0.1, -0.05) is 37.5 Å². The van der Waals surface area contributed by atoms with Crippen molar-refractivity contribution in [2.75, 3.05) is 13.7 Å². The van der Waals surface area contributed by atoms with Crippen LogP contribution >= 0.6 is 12.2 Å². The lowest BCUT2D eigenvalue weighted by molar-refractivity contribution is 0.0949. The van der Waals surface area contributed by atoms with E-state index < -0.39 is 0 Å². The highest BCUT2D eigenvalue weighted by Gasteiger charge is 2.16. The smallest absolute Gasteiger partial charge is 0.129 e. The molecule has 1 aliphatic rings. The number of thiocarbonyl (C=S) groups is 1. The second kappa shape index (κ2) is 6.87. The zero-order chi connectivity index (χ0) is 13.7. The molecule has 1 aromatic rings. The predicted octanol–water partition coefficient (Wildman–Crippen LogP) is 3.04. The molecule has 0 amide bonds. The van der Waals surface area contributed by atoms with Gasteiger partial charge in [0.1, 0.15) is 10.7 Å². The predicted molar refractivity (Wildman–Crippen MR) is 80.5 cm³/mol. The zero-order valence-electron chi connectivity index (χ0n) is 11.4. The monoisotopic (exact) mass is 279 g/mol. The van der Waals surface area contributed by atoms with Gasteiger partial charge < -0.3 is 15.2 Å². The molecule has 0 bridgehead atoms. The molecule has 0 unspecified atom stereocenters. The van der Waals surface area contributed by atoms with Gasteiger partial charge in [0.05, 0.1) is 19.3 Å². The van der Waals surface area contributed by atoms with Crippen LogP contribution in [0.15, 0.2) is 18.2 Å². The molecule has 1 saturated carbocycles. The van der Waals surface area contributed by atoms with E-state index in [4.69, 9.17) is 27.4 Å². The highest BCUT2D eigenvalue weighted by Crippen LogP contribution is 2.29. The molecule has 19 heavy (non-hydrogen) atoms. The average Bonchev–Trinajstić information content (AvgIpc) is 2.36. The number of methoxy groups -OCH3 is 1. The Hall–Kier alpha value is -1.13. The van der Waals surface area contributed by atoms with Gasteiger partial charge in [0.2, 0.25) is 0 Å². The molecule has 3 nitrogen and oxygen atoms in total. The Morgan fingerprint density at radius 2 is 2.21 bits per heavy atom. The molecule has 2 N–H and O–H groups in total.